The van der Waals surface area contributed by atoms with Gasteiger partial charge in [-0.1, -0.05) is 32.0 Å². The molecule has 0 atom stereocenters. The highest BCUT2D eigenvalue weighted by Crippen LogP contribution is 2.29. The predicted molar refractivity (Wildman–Crippen MR) is 141 cm³/mol. The number of hydrogen-bond donors (Lipinski definition) is 3. The van der Waals surface area contributed by atoms with Gasteiger partial charge in [-0.25, -0.2) is 0 Å². The zero-order valence-electron chi connectivity index (χ0n) is 21.4. The third-order valence-corrected chi connectivity index (χ3v) is 7.03. The minimum absolute atomic E-state index is 0.0895. The Hall–Kier alpha value is -3.50. The minimum atomic E-state index is -0.0895. The Morgan fingerprint density at radius 1 is 1.19 bits per heavy atom. The number of piperidine rings is 1. The van der Waals surface area contributed by atoms with E-state index in [0.717, 1.165) is 59.5 Å². The Morgan fingerprint density at radius 3 is 2.67 bits per heavy atom. The monoisotopic (exact) mass is 489 g/mol. The van der Waals surface area contributed by atoms with Gasteiger partial charge in [-0.05, 0) is 42.9 Å². The highest BCUT2D eigenvalue weighted by atomic mass is 16.3. The van der Waals surface area contributed by atoms with Crippen LogP contribution in [-0.4, -0.2) is 53.6 Å². The summed E-state index contributed by atoms with van der Waals surface area (Å²) in [6.45, 7) is 8.56. The van der Waals surface area contributed by atoms with Gasteiger partial charge in [-0.3, -0.25) is 4.68 Å². The quantitative estimate of drug-likeness (QED) is 0.362. The summed E-state index contributed by atoms with van der Waals surface area (Å²) in [7, 11) is 1.90. The third kappa shape index (κ3) is 4.54. The number of aliphatic hydroxyl groups is 1. The number of nitrogens with zero attached hydrogens (tertiary/aromatic N) is 7. The van der Waals surface area contributed by atoms with Gasteiger partial charge in [0.05, 0.1) is 24.2 Å². The number of fused-ring (bicyclic) bond motifs is 1. The van der Waals surface area contributed by atoms with E-state index in [9.17, 15) is 5.11 Å². The van der Waals surface area contributed by atoms with Gasteiger partial charge in [0.1, 0.15) is 0 Å². The number of anilines is 2. The lowest BCUT2D eigenvalue weighted by molar-refractivity contribution is 0.275. The first-order valence-electron chi connectivity index (χ1n) is 12.6. The van der Waals surface area contributed by atoms with Crippen LogP contribution in [0.2, 0.25) is 0 Å². The first kappa shape index (κ1) is 24.2. The molecule has 3 aromatic heterocycles. The summed E-state index contributed by atoms with van der Waals surface area (Å²) >= 11 is 0. The topological polar surface area (TPSA) is 122 Å². The molecule has 190 valence electrons. The van der Waals surface area contributed by atoms with E-state index in [1.165, 1.54) is 0 Å². The van der Waals surface area contributed by atoms with Gasteiger partial charge in [0.15, 0.2) is 5.65 Å². The van der Waals surface area contributed by atoms with E-state index in [0.29, 0.717) is 30.1 Å². The van der Waals surface area contributed by atoms with Crippen LogP contribution in [0.5, 0.6) is 0 Å². The maximum absolute atomic E-state index is 9.56. The molecule has 5 rings (SSSR count). The van der Waals surface area contributed by atoms with E-state index in [-0.39, 0.29) is 12.6 Å². The van der Waals surface area contributed by atoms with E-state index in [1.807, 2.05) is 30.1 Å². The molecule has 0 spiro atoms. The minimum Gasteiger partial charge on any atom is -0.390 e. The van der Waals surface area contributed by atoms with Gasteiger partial charge in [0.25, 0.3) is 0 Å². The Balaban J connectivity index is 1.52. The molecule has 1 aliphatic rings. The van der Waals surface area contributed by atoms with Crippen LogP contribution < -0.4 is 16.0 Å². The van der Waals surface area contributed by atoms with Crippen LogP contribution in [0.1, 0.15) is 55.0 Å². The molecule has 36 heavy (non-hydrogen) atoms. The summed E-state index contributed by atoms with van der Waals surface area (Å²) in [6.07, 6.45) is 3.75. The first-order chi connectivity index (χ1) is 17.4. The van der Waals surface area contributed by atoms with Crippen molar-refractivity contribution in [1.29, 1.82) is 0 Å². The zero-order chi connectivity index (χ0) is 25.4. The van der Waals surface area contributed by atoms with Crippen LogP contribution in [0.25, 0.3) is 16.9 Å². The van der Waals surface area contributed by atoms with Crippen molar-refractivity contribution in [1.82, 2.24) is 29.4 Å². The summed E-state index contributed by atoms with van der Waals surface area (Å²) in [6, 6.07) is 8.41. The lowest BCUT2D eigenvalue weighted by Crippen LogP contribution is -2.40. The van der Waals surface area contributed by atoms with Gasteiger partial charge in [-0.2, -0.15) is 24.7 Å². The van der Waals surface area contributed by atoms with Crippen molar-refractivity contribution in [2.24, 2.45) is 12.8 Å². The average molecular weight is 490 g/mol. The van der Waals surface area contributed by atoms with Crippen molar-refractivity contribution in [2.75, 3.05) is 23.3 Å². The fraction of sp³-hybridized carbons (Fsp3) is 0.462. The van der Waals surface area contributed by atoms with Gasteiger partial charge in [-0.15, -0.1) is 0 Å². The third-order valence-electron chi connectivity index (χ3n) is 7.03. The molecule has 1 aromatic carbocycles. The van der Waals surface area contributed by atoms with Gasteiger partial charge in [0.2, 0.25) is 11.9 Å². The number of nitrogens with two attached hydrogens (primary N) is 1. The number of rotatable bonds is 7. The fourth-order valence-corrected chi connectivity index (χ4v) is 4.85. The molecule has 4 heterocycles. The van der Waals surface area contributed by atoms with Gasteiger partial charge < -0.3 is 21.1 Å². The van der Waals surface area contributed by atoms with Crippen LogP contribution in [0.15, 0.2) is 30.5 Å². The molecule has 10 heteroatoms. The second-order valence-corrected chi connectivity index (χ2v) is 9.92. The van der Waals surface area contributed by atoms with Crippen LogP contribution >= 0.6 is 0 Å². The number of benzene rings is 1. The molecule has 0 aliphatic carbocycles. The Labute approximate surface area is 211 Å². The SMILES string of the molecule is Cc1cccc(-c2cc(CO)nn2C)c1CNc1nc(N2CCC(N)CC2)nc2c(C(C)C)cnn12. The van der Waals surface area contributed by atoms with Crippen molar-refractivity contribution in [2.45, 2.75) is 58.7 Å². The average Bonchev–Trinajstić information content (AvgIpc) is 3.47. The molecule has 0 amide bonds. The Morgan fingerprint density at radius 2 is 1.97 bits per heavy atom. The predicted octanol–water partition coefficient (Wildman–Crippen LogP) is 2.99. The summed E-state index contributed by atoms with van der Waals surface area (Å²) in [4.78, 5) is 12.1. The van der Waals surface area contributed by atoms with E-state index in [1.54, 1.807) is 4.52 Å². The second kappa shape index (κ2) is 9.87. The highest BCUT2D eigenvalue weighted by molar-refractivity contribution is 5.67. The van der Waals surface area contributed by atoms with Crippen molar-refractivity contribution in [3.05, 3.63) is 52.8 Å². The standard InChI is InChI=1S/C26H35N9O/c1-16(2)21-14-29-35-24(21)30-26(34-10-8-18(27)9-11-34)31-25(35)28-13-22-17(3)6-5-7-20(22)23-12-19(15-36)32-33(23)4/h5-7,12,14,16,18,36H,8-11,13,15,27H2,1-4H3,(H,28,30,31). The smallest absolute Gasteiger partial charge is 0.230 e. The molecule has 4 aromatic rings. The molecule has 4 N–H and O–H groups in total. The molecule has 0 unspecified atom stereocenters. The van der Waals surface area contributed by atoms with E-state index >= 15 is 0 Å². The van der Waals surface area contributed by atoms with Crippen molar-refractivity contribution >= 4 is 17.5 Å². The summed E-state index contributed by atoms with van der Waals surface area (Å²) in [5, 5.41) is 22.2. The molecule has 0 saturated carbocycles. The second-order valence-electron chi connectivity index (χ2n) is 9.92. The molecule has 1 saturated heterocycles. The van der Waals surface area contributed by atoms with Gasteiger partial charge >= 0.3 is 0 Å². The molecule has 0 radical (unpaired) electrons. The largest absolute Gasteiger partial charge is 0.390 e. The lowest BCUT2D eigenvalue weighted by atomic mass is 9.99. The maximum Gasteiger partial charge on any atom is 0.230 e. The number of nitrogens with one attached hydrogen (secondary N) is 1. The Bertz CT molecular complexity index is 1370. The fourth-order valence-electron chi connectivity index (χ4n) is 4.85. The number of aryl methyl sites for hydroxylation is 2. The molecular formula is C26H35N9O. The maximum atomic E-state index is 9.56. The normalized spacial score (nSPS) is 14.8. The lowest BCUT2D eigenvalue weighted by Gasteiger charge is -2.30. The van der Waals surface area contributed by atoms with Crippen LogP contribution in [0.4, 0.5) is 11.9 Å². The molecule has 1 aliphatic heterocycles. The Kier molecular flexibility index (Phi) is 6.63. The van der Waals surface area contributed by atoms with Crippen LogP contribution in [-0.2, 0) is 20.2 Å². The molecule has 0 bridgehead atoms. The first-order valence-corrected chi connectivity index (χ1v) is 12.6. The van der Waals surface area contributed by atoms with Crippen LogP contribution in [0.3, 0.4) is 0 Å². The van der Waals surface area contributed by atoms with Crippen molar-refractivity contribution in [3.8, 4) is 11.3 Å². The summed E-state index contributed by atoms with van der Waals surface area (Å²) < 4.78 is 3.62. The van der Waals surface area contributed by atoms with E-state index in [2.05, 4.69) is 53.3 Å². The number of aromatic nitrogens is 6. The molecule has 10 nitrogen and oxygen atoms in total. The molecule has 1 fully saturated rings. The van der Waals surface area contributed by atoms with Gasteiger partial charge in [0, 0.05) is 43.9 Å². The summed E-state index contributed by atoms with van der Waals surface area (Å²) in [5.41, 5.74) is 13.0. The van der Waals surface area contributed by atoms with E-state index in [4.69, 9.17) is 15.7 Å². The highest BCUT2D eigenvalue weighted by Gasteiger charge is 2.22. The molecular weight excluding hydrogens is 454 g/mol. The summed E-state index contributed by atoms with van der Waals surface area (Å²) in [5.74, 6) is 1.66. The van der Waals surface area contributed by atoms with Crippen molar-refractivity contribution < 1.29 is 5.11 Å². The number of aliphatic hydroxyl groups excluding tert-OH is 1. The zero-order valence-corrected chi connectivity index (χ0v) is 21.4. The van der Waals surface area contributed by atoms with Crippen molar-refractivity contribution in [3.63, 3.8) is 0 Å². The number of hydrogen-bond acceptors (Lipinski definition) is 8. The van der Waals surface area contributed by atoms with E-state index < -0.39 is 0 Å². The van der Waals surface area contributed by atoms with Crippen LogP contribution in [0, 0.1) is 6.92 Å².